The van der Waals surface area contributed by atoms with Crippen LogP contribution in [0.25, 0.3) is 0 Å². The van der Waals surface area contributed by atoms with Crippen molar-refractivity contribution in [3.8, 4) is 11.8 Å². The molecule has 0 heterocycles. The van der Waals surface area contributed by atoms with Crippen LogP contribution >= 0.6 is 0 Å². The maximum Gasteiger partial charge on any atom is 0.320 e. The van der Waals surface area contributed by atoms with Crippen LogP contribution in [0.2, 0.25) is 0 Å². The lowest BCUT2D eigenvalue weighted by Gasteiger charge is -2.30. The molecule has 0 fully saturated rings. The summed E-state index contributed by atoms with van der Waals surface area (Å²) >= 11 is 0. The highest BCUT2D eigenvalue weighted by Gasteiger charge is 2.32. The van der Waals surface area contributed by atoms with Gasteiger partial charge in [0.25, 0.3) is 0 Å². The monoisotopic (exact) mass is 434 g/mol. The molecule has 0 aliphatic heterocycles. The first-order chi connectivity index (χ1) is 15.3. The number of carbonyl (C=O) groups is 2. The molecule has 32 heavy (non-hydrogen) atoms. The molecule has 0 saturated heterocycles. The standard InChI is InChI=1S/C25H20F2N2O3/c1-25(16-22(30)31,19-10-6-3-7-11-19)29-24(32)28-23-20(26)14-18(15-21(23)27)13-12-17-8-4-2-5-9-17/h2-11,14-15H,16H2,1H3,(H,30,31)(H2,28,29,32). The molecule has 0 aliphatic rings. The van der Waals surface area contributed by atoms with E-state index in [0.29, 0.717) is 11.1 Å². The fourth-order valence-corrected chi connectivity index (χ4v) is 3.15. The van der Waals surface area contributed by atoms with Gasteiger partial charge in [-0.25, -0.2) is 13.6 Å². The number of hydrogen-bond acceptors (Lipinski definition) is 2. The molecule has 1 atom stereocenters. The van der Waals surface area contributed by atoms with Crippen LogP contribution in [0.1, 0.15) is 30.0 Å². The van der Waals surface area contributed by atoms with Crippen molar-refractivity contribution in [1.82, 2.24) is 5.32 Å². The summed E-state index contributed by atoms with van der Waals surface area (Å²) < 4.78 is 29.0. The normalized spacial score (nSPS) is 12.1. The molecule has 3 rings (SSSR count). The lowest BCUT2D eigenvalue weighted by molar-refractivity contribution is -0.138. The van der Waals surface area contributed by atoms with Crippen molar-refractivity contribution in [2.45, 2.75) is 18.9 Å². The maximum atomic E-state index is 14.5. The summed E-state index contributed by atoms with van der Waals surface area (Å²) in [6.45, 7) is 1.52. The largest absolute Gasteiger partial charge is 0.481 e. The van der Waals surface area contributed by atoms with E-state index >= 15 is 0 Å². The van der Waals surface area contributed by atoms with Gasteiger partial charge in [-0.15, -0.1) is 0 Å². The van der Waals surface area contributed by atoms with Crippen LogP contribution in [-0.4, -0.2) is 17.1 Å². The highest BCUT2D eigenvalue weighted by atomic mass is 19.1. The predicted molar refractivity (Wildman–Crippen MR) is 117 cm³/mol. The third kappa shape index (κ3) is 5.70. The Morgan fingerprint density at radius 1 is 0.906 bits per heavy atom. The van der Waals surface area contributed by atoms with Crippen molar-refractivity contribution in [2.75, 3.05) is 5.32 Å². The van der Waals surface area contributed by atoms with Crippen molar-refractivity contribution in [2.24, 2.45) is 0 Å². The predicted octanol–water partition coefficient (Wildman–Crippen LogP) is 4.88. The van der Waals surface area contributed by atoms with Crippen LogP contribution in [0, 0.1) is 23.5 Å². The summed E-state index contributed by atoms with van der Waals surface area (Å²) in [7, 11) is 0. The summed E-state index contributed by atoms with van der Waals surface area (Å²) in [5, 5.41) is 13.9. The van der Waals surface area contributed by atoms with Gasteiger partial charge in [0.15, 0.2) is 11.6 Å². The molecule has 0 saturated carbocycles. The van der Waals surface area contributed by atoms with E-state index in [2.05, 4.69) is 22.5 Å². The number of nitrogens with one attached hydrogen (secondary N) is 2. The summed E-state index contributed by atoms with van der Waals surface area (Å²) in [4.78, 5) is 23.8. The lowest BCUT2D eigenvalue weighted by Crippen LogP contribution is -2.47. The quantitative estimate of drug-likeness (QED) is 0.501. The topological polar surface area (TPSA) is 78.4 Å². The highest BCUT2D eigenvalue weighted by Crippen LogP contribution is 2.26. The maximum absolute atomic E-state index is 14.5. The number of amides is 2. The van der Waals surface area contributed by atoms with Gasteiger partial charge in [-0.1, -0.05) is 60.4 Å². The molecule has 3 aromatic carbocycles. The Balaban J connectivity index is 1.79. The first-order valence-electron chi connectivity index (χ1n) is 9.69. The minimum Gasteiger partial charge on any atom is -0.481 e. The summed E-state index contributed by atoms with van der Waals surface area (Å²) in [6, 6.07) is 18.5. The Morgan fingerprint density at radius 2 is 1.44 bits per heavy atom. The van der Waals surface area contributed by atoms with Gasteiger partial charge in [-0.2, -0.15) is 0 Å². The number of aliphatic carboxylic acids is 1. The fourth-order valence-electron chi connectivity index (χ4n) is 3.15. The molecule has 0 spiro atoms. The Kier molecular flexibility index (Phi) is 6.86. The smallest absolute Gasteiger partial charge is 0.320 e. The van der Waals surface area contributed by atoms with Crippen LogP contribution < -0.4 is 10.6 Å². The number of hydrogen-bond donors (Lipinski definition) is 3. The zero-order valence-corrected chi connectivity index (χ0v) is 17.2. The molecular formula is C25H20F2N2O3. The van der Waals surface area contributed by atoms with Crippen molar-refractivity contribution >= 4 is 17.7 Å². The van der Waals surface area contributed by atoms with E-state index in [4.69, 9.17) is 0 Å². The second-order valence-electron chi connectivity index (χ2n) is 7.28. The van der Waals surface area contributed by atoms with E-state index in [1.165, 1.54) is 6.92 Å². The molecule has 162 valence electrons. The van der Waals surface area contributed by atoms with Gasteiger partial charge in [0.1, 0.15) is 5.69 Å². The van der Waals surface area contributed by atoms with Crippen molar-refractivity contribution in [1.29, 1.82) is 0 Å². The second-order valence-corrected chi connectivity index (χ2v) is 7.28. The van der Waals surface area contributed by atoms with Gasteiger partial charge in [-0.05, 0) is 36.8 Å². The lowest BCUT2D eigenvalue weighted by atomic mass is 9.88. The Morgan fingerprint density at radius 3 is 2.00 bits per heavy atom. The number of urea groups is 1. The molecule has 0 bridgehead atoms. The number of anilines is 1. The van der Waals surface area contributed by atoms with Crippen LogP contribution in [0.3, 0.4) is 0 Å². The van der Waals surface area contributed by atoms with Crippen LogP contribution in [0.15, 0.2) is 72.8 Å². The van der Waals surface area contributed by atoms with Crippen molar-refractivity contribution < 1.29 is 23.5 Å². The fraction of sp³-hybridized carbons (Fsp3) is 0.120. The molecule has 0 radical (unpaired) electrons. The number of benzene rings is 3. The van der Waals surface area contributed by atoms with Gasteiger partial charge in [0, 0.05) is 11.1 Å². The van der Waals surface area contributed by atoms with Gasteiger partial charge in [0.05, 0.1) is 12.0 Å². The summed E-state index contributed by atoms with van der Waals surface area (Å²) in [5.41, 5.74) is -0.627. The SMILES string of the molecule is CC(CC(=O)O)(NC(=O)Nc1c(F)cc(C#Cc2ccccc2)cc1F)c1ccccc1. The molecule has 3 aromatic rings. The number of carbonyl (C=O) groups excluding carboxylic acids is 1. The number of carboxylic acid groups (broad SMARTS) is 1. The Labute approximate surface area is 184 Å². The van der Waals surface area contributed by atoms with Crippen molar-refractivity contribution in [3.63, 3.8) is 0 Å². The van der Waals surface area contributed by atoms with E-state index in [0.717, 1.165) is 12.1 Å². The van der Waals surface area contributed by atoms with E-state index in [1.807, 2.05) is 6.07 Å². The van der Waals surface area contributed by atoms with E-state index in [9.17, 15) is 23.5 Å². The third-order valence-electron chi connectivity index (χ3n) is 4.71. The number of halogens is 2. The van der Waals surface area contributed by atoms with E-state index < -0.39 is 41.3 Å². The van der Waals surface area contributed by atoms with Gasteiger partial charge in [0.2, 0.25) is 0 Å². The molecule has 7 heteroatoms. The Bertz CT molecular complexity index is 1170. The van der Waals surface area contributed by atoms with Gasteiger partial charge >= 0.3 is 12.0 Å². The van der Waals surface area contributed by atoms with Gasteiger partial charge < -0.3 is 15.7 Å². The molecule has 2 amide bonds. The average molecular weight is 434 g/mol. The van der Waals surface area contributed by atoms with Crippen molar-refractivity contribution in [3.05, 3.63) is 101 Å². The zero-order valence-electron chi connectivity index (χ0n) is 17.2. The van der Waals surface area contributed by atoms with Crippen LogP contribution in [-0.2, 0) is 10.3 Å². The van der Waals surface area contributed by atoms with Crippen LogP contribution in [0.4, 0.5) is 19.3 Å². The summed E-state index contributed by atoms with van der Waals surface area (Å²) in [6.07, 6.45) is -0.427. The Hall–Kier alpha value is -4.18. The molecule has 5 nitrogen and oxygen atoms in total. The number of carboxylic acids is 1. The third-order valence-corrected chi connectivity index (χ3v) is 4.71. The molecular weight excluding hydrogens is 414 g/mol. The second kappa shape index (κ2) is 9.75. The molecule has 1 unspecified atom stereocenters. The van der Waals surface area contributed by atoms with Gasteiger partial charge in [-0.3, -0.25) is 4.79 Å². The highest BCUT2D eigenvalue weighted by molar-refractivity contribution is 5.90. The minimum absolute atomic E-state index is 0.106. The van der Waals surface area contributed by atoms with Crippen LogP contribution in [0.5, 0.6) is 0 Å². The molecule has 0 aromatic heterocycles. The van der Waals surface area contributed by atoms with E-state index in [1.54, 1.807) is 54.6 Å². The zero-order chi connectivity index (χ0) is 23.1. The number of rotatable bonds is 5. The molecule has 3 N–H and O–H groups in total. The summed E-state index contributed by atoms with van der Waals surface area (Å²) in [5.74, 6) is 2.34. The minimum atomic E-state index is -1.30. The molecule has 0 aliphatic carbocycles. The first kappa shape index (κ1) is 22.5. The van der Waals surface area contributed by atoms with E-state index in [-0.39, 0.29) is 5.56 Å². The first-order valence-corrected chi connectivity index (χ1v) is 9.69. The average Bonchev–Trinajstić information content (AvgIpc) is 2.75.